The van der Waals surface area contributed by atoms with Crippen molar-refractivity contribution in [3.05, 3.63) is 66.2 Å². The van der Waals surface area contributed by atoms with Crippen LogP contribution in [0.2, 0.25) is 0 Å². The van der Waals surface area contributed by atoms with Gasteiger partial charge in [0.15, 0.2) is 0 Å². The lowest BCUT2D eigenvalue weighted by Gasteiger charge is -2.27. The molecule has 3 rings (SSSR count). The highest BCUT2D eigenvalue weighted by molar-refractivity contribution is 5.91. The number of hydrogen-bond acceptors (Lipinski definition) is 7. The standard InChI is InChI=1S/C35H46O7/c1-4-6-9-12-27-13-15-28(16-14-27)35(38)42-32-22-21-31(25-26(32)3)41-34(37)29-17-19-30(20-18-29)39-23-10-7-8-11-24-40-33(36)5-2/h5,17-22,25,27-28H,2,4,6-16,23-24H2,1,3H3. The summed E-state index contributed by atoms with van der Waals surface area (Å²) in [5.41, 5.74) is 1.15. The van der Waals surface area contributed by atoms with Crippen molar-refractivity contribution in [1.82, 2.24) is 0 Å². The number of rotatable bonds is 17. The van der Waals surface area contributed by atoms with Gasteiger partial charge in [0.2, 0.25) is 0 Å². The number of esters is 3. The number of carbonyl (C=O) groups is 3. The predicted molar refractivity (Wildman–Crippen MR) is 163 cm³/mol. The van der Waals surface area contributed by atoms with Gasteiger partial charge in [-0.3, -0.25) is 4.79 Å². The third kappa shape index (κ3) is 11.3. The van der Waals surface area contributed by atoms with Gasteiger partial charge in [0.1, 0.15) is 17.2 Å². The molecule has 1 aliphatic carbocycles. The number of hydrogen-bond donors (Lipinski definition) is 0. The maximum absolute atomic E-state index is 12.8. The van der Waals surface area contributed by atoms with E-state index in [0.29, 0.717) is 36.0 Å². The molecule has 1 fully saturated rings. The Balaban J connectivity index is 1.37. The first-order chi connectivity index (χ1) is 20.4. The summed E-state index contributed by atoms with van der Waals surface area (Å²) < 4.78 is 22.0. The molecule has 42 heavy (non-hydrogen) atoms. The molecule has 0 heterocycles. The van der Waals surface area contributed by atoms with Crippen LogP contribution in [0.3, 0.4) is 0 Å². The van der Waals surface area contributed by atoms with E-state index in [4.69, 9.17) is 18.9 Å². The van der Waals surface area contributed by atoms with Crippen LogP contribution in [0.25, 0.3) is 0 Å². The summed E-state index contributed by atoms with van der Waals surface area (Å²) in [5.74, 6) is 1.24. The Morgan fingerprint density at radius 1 is 0.833 bits per heavy atom. The molecule has 7 heteroatoms. The smallest absolute Gasteiger partial charge is 0.343 e. The van der Waals surface area contributed by atoms with E-state index < -0.39 is 11.9 Å². The number of benzene rings is 2. The lowest BCUT2D eigenvalue weighted by Crippen LogP contribution is -2.26. The summed E-state index contributed by atoms with van der Waals surface area (Å²) in [6.45, 7) is 8.40. The zero-order valence-corrected chi connectivity index (χ0v) is 25.2. The van der Waals surface area contributed by atoms with E-state index in [0.717, 1.165) is 68.9 Å². The van der Waals surface area contributed by atoms with E-state index in [2.05, 4.69) is 13.5 Å². The molecule has 0 spiro atoms. The Hall–Kier alpha value is -3.61. The maximum Gasteiger partial charge on any atom is 0.343 e. The Labute approximate surface area is 250 Å². The van der Waals surface area contributed by atoms with Crippen molar-refractivity contribution in [2.75, 3.05) is 13.2 Å². The van der Waals surface area contributed by atoms with Crippen molar-refractivity contribution in [3.63, 3.8) is 0 Å². The largest absolute Gasteiger partial charge is 0.494 e. The van der Waals surface area contributed by atoms with Gasteiger partial charge < -0.3 is 18.9 Å². The third-order valence-corrected chi connectivity index (χ3v) is 7.77. The monoisotopic (exact) mass is 578 g/mol. The molecule has 1 aliphatic rings. The molecule has 1 saturated carbocycles. The Morgan fingerprint density at radius 3 is 2.19 bits per heavy atom. The first-order valence-corrected chi connectivity index (χ1v) is 15.5. The molecular weight excluding hydrogens is 532 g/mol. The molecule has 2 aromatic rings. The van der Waals surface area contributed by atoms with E-state index in [1.807, 2.05) is 6.92 Å². The summed E-state index contributed by atoms with van der Waals surface area (Å²) in [5, 5.41) is 0. The number of unbranched alkanes of at least 4 members (excludes halogenated alkanes) is 5. The maximum atomic E-state index is 12.8. The zero-order chi connectivity index (χ0) is 30.2. The zero-order valence-electron chi connectivity index (χ0n) is 25.2. The lowest BCUT2D eigenvalue weighted by molar-refractivity contribution is -0.140. The molecule has 0 aliphatic heterocycles. The molecule has 0 atom stereocenters. The van der Waals surface area contributed by atoms with Gasteiger partial charge in [0.25, 0.3) is 0 Å². The van der Waals surface area contributed by atoms with Crippen LogP contribution >= 0.6 is 0 Å². The van der Waals surface area contributed by atoms with E-state index in [1.165, 1.54) is 25.7 Å². The SMILES string of the molecule is C=CC(=O)OCCCCCCOc1ccc(C(=O)Oc2ccc(OC(=O)C3CCC(CCCCC)CC3)c(C)c2)cc1. The number of ether oxygens (including phenoxy) is 4. The van der Waals surface area contributed by atoms with Crippen molar-refractivity contribution >= 4 is 17.9 Å². The van der Waals surface area contributed by atoms with Crippen LogP contribution in [0.4, 0.5) is 0 Å². The van der Waals surface area contributed by atoms with Gasteiger partial charge in [0, 0.05) is 6.08 Å². The predicted octanol–water partition coefficient (Wildman–Crippen LogP) is 8.17. The number of aryl methyl sites for hydroxylation is 1. The van der Waals surface area contributed by atoms with Gasteiger partial charge in [-0.2, -0.15) is 0 Å². The quantitative estimate of drug-likeness (QED) is 0.0809. The minimum atomic E-state index is -0.474. The Kier molecular flexibility index (Phi) is 14.1. The highest BCUT2D eigenvalue weighted by atomic mass is 16.5. The van der Waals surface area contributed by atoms with Crippen LogP contribution < -0.4 is 14.2 Å². The third-order valence-electron chi connectivity index (χ3n) is 7.77. The summed E-state index contributed by atoms with van der Waals surface area (Å²) in [4.78, 5) is 36.5. The van der Waals surface area contributed by atoms with Crippen molar-refractivity contribution in [2.45, 2.75) is 90.9 Å². The average molecular weight is 579 g/mol. The second kappa shape index (κ2) is 18.0. The molecule has 228 valence electrons. The molecule has 0 saturated heterocycles. The van der Waals surface area contributed by atoms with Crippen LogP contribution in [0.5, 0.6) is 17.2 Å². The normalized spacial score (nSPS) is 16.3. The Bertz CT molecular complexity index is 1150. The van der Waals surface area contributed by atoms with Crippen molar-refractivity contribution in [1.29, 1.82) is 0 Å². The summed E-state index contributed by atoms with van der Waals surface area (Å²) >= 11 is 0. The summed E-state index contributed by atoms with van der Waals surface area (Å²) in [6.07, 6.45) is 13.8. The minimum Gasteiger partial charge on any atom is -0.494 e. The molecule has 0 bridgehead atoms. The highest BCUT2D eigenvalue weighted by Crippen LogP contribution is 2.34. The number of carbonyl (C=O) groups excluding carboxylic acids is 3. The van der Waals surface area contributed by atoms with Gasteiger partial charge in [-0.15, -0.1) is 0 Å². The molecule has 0 radical (unpaired) electrons. The van der Waals surface area contributed by atoms with Gasteiger partial charge >= 0.3 is 17.9 Å². The van der Waals surface area contributed by atoms with Crippen LogP contribution in [0.1, 0.15) is 99.9 Å². The van der Waals surface area contributed by atoms with Gasteiger partial charge in [-0.1, -0.05) is 39.2 Å². The van der Waals surface area contributed by atoms with Crippen LogP contribution in [-0.2, 0) is 14.3 Å². The highest BCUT2D eigenvalue weighted by Gasteiger charge is 2.28. The molecule has 0 N–H and O–H groups in total. The summed E-state index contributed by atoms with van der Waals surface area (Å²) in [7, 11) is 0. The van der Waals surface area contributed by atoms with E-state index in [1.54, 1.807) is 42.5 Å². The lowest BCUT2D eigenvalue weighted by atomic mass is 9.80. The molecule has 0 amide bonds. The van der Waals surface area contributed by atoms with E-state index >= 15 is 0 Å². The first-order valence-electron chi connectivity index (χ1n) is 15.5. The molecular formula is C35H46O7. The fourth-order valence-corrected chi connectivity index (χ4v) is 5.19. The van der Waals surface area contributed by atoms with E-state index in [9.17, 15) is 14.4 Å². The molecule has 2 aromatic carbocycles. The van der Waals surface area contributed by atoms with Crippen molar-refractivity contribution < 1.29 is 33.3 Å². The second-order valence-electron chi connectivity index (χ2n) is 11.1. The first kappa shape index (κ1) is 32.9. The molecule has 0 unspecified atom stereocenters. The van der Waals surface area contributed by atoms with Crippen molar-refractivity contribution in [2.24, 2.45) is 11.8 Å². The fourth-order valence-electron chi connectivity index (χ4n) is 5.19. The van der Waals surface area contributed by atoms with Crippen LogP contribution in [0, 0.1) is 18.8 Å². The minimum absolute atomic E-state index is 0.0446. The van der Waals surface area contributed by atoms with Crippen molar-refractivity contribution in [3.8, 4) is 17.2 Å². The van der Waals surface area contributed by atoms with Gasteiger partial charge in [-0.25, -0.2) is 9.59 Å². The van der Waals surface area contributed by atoms with Gasteiger partial charge in [0.05, 0.1) is 24.7 Å². The van der Waals surface area contributed by atoms with Gasteiger partial charge in [-0.05, 0) is 112 Å². The topological polar surface area (TPSA) is 88.1 Å². The average Bonchev–Trinajstić information content (AvgIpc) is 3.00. The Morgan fingerprint density at radius 2 is 1.52 bits per heavy atom. The molecule has 7 nitrogen and oxygen atoms in total. The fraction of sp³-hybridized carbons (Fsp3) is 0.514. The van der Waals surface area contributed by atoms with E-state index in [-0.39, 0.29) is 11.9 Å². The summed E-state index contributed by atoms with van der Waals surface area (Å²) in [6, 6.07) is 11.9. The molecule has 0 aromatic heterocycles. The van der Waals surface area contributed by atoms with Crippen LogP contribution in [-0.4, -0.2) is 31.1 Å². The second-order valence-corrected chi connectivity index (χ2v) is 11.1. The van der Waals surface area contributed by atoms with Crippen LogP contribution in [0.15, 0.2) is 55.1 Å².